The fourth-order valence-electron chi connectivity index (χ4n) is 0.999. The number of pyridine rings is 1. The monoisotopic (exact) mass is 245 g/mol. The van der Waals surface area contributed by atoms with Crippen molar-refractivity contribution >= 4 is 15.9 Å². The van der Waals surface area contributed by atoms with Gasteiger partial charge in [-0.25, -0.2) is 4.98 Å². The smallest absolute Gasteiger partial charge is 0.220 e. The first-order valence-corrected chi connectivity index (χ1v) is 4.91. The van der Waals surface area contributed by atoms with Gasteiger partial charge in [0, 0.05) is 5.56 Å². The van der Waals surface area contributed by atoms with Crippen LogP contribution in [0.5, 0.6) is 5.88 Å². The zero-order chi connectivity index (χ0) is 9.84. The summed E-state index contributed by atoms with van der Waals surface area (Å²) in [5.74, 6) is 0.492. The Morgan fingerprint density at radius 3 is 2.85 bits per heavy atom. The van der Waals surface area contributed by atoms with E-state index in [1.165, 1.54) is 0 Å². The minimum Gasteiger partial charge on any atom is -0.478 e. The van der Waals surface area contributed by atoms with Gasteiger partial charge in [-0.15, -0.1) is 0 Å². The standard InChI is InChI=1S/C9H12BrNO2/c1-3-13-9-7(6(2)12)4-5-8(10)11-9/h4-6,12H,3H2,1-2H3. The van der Waals surface area contributed by atoms with Crippen molar-refractivity contribution in [1.29, 1.82) is 0 Å². The van der Waals surface area contributed by atoms with Gasteiger partial charge in [0.2, 0.25) is 5.88 Å². The molecule has 0 aliphatic rings. The van der Waals surface area contributed by atoms with Crippen molar-refractivity contribution in [3.63, 3.8) is 0 Å². The molecule has 0 saturated carbocycles. The van der Waals surface area contributed by atoms with E-state index in [0.29, 0.717) is 22.7 Å². The fourth-order valence-corrected chi connectivity index (χ4v) is 1.29. The van der Waals surface area contributed by atoms with Crippen LogP contribution in [0.3, 0.4) is 0 Å². The highest BCUT2D eigenvalue weighted by molar-refractivity contribution is 9.10. The van der Waals surface area contributed by atoms with E-state index in [1.54, 1.807) is 19.1 Å². The van der Waals surface area contributed by atoms with Gasteiger partial charge >= 0.3 is 0 Å². The van der Waals surface area contributed by atoms with E-state index >= 15 is 0 Å². The lowest BCUT2D eigenvalue weighted by molar-refractivity contribution is 0.190. The van der Waals surface area contributed by atoms with E-state index in [4.69, 9.17) is 4.74 Å². The van der Waals surface area contributed by atoms with Crippen LogP contribution < -0.4 is 4.74 Å². The molecule has 1 unspecified atom stereocenters. The average Bonchev–Trinajstić information content (AvgIpc) is 2.04. The molecule has 0 aliphatic heterocycles. The Morgan fingerprint density at radius 2 is 2.31 bits per heavy atom. The van der Waals surface area contributed by atoms with E-state index in [0.717, 1.165) is 0 Å². The lowest BCUT2D eigenvalue weighted by atomic mass is 10.2. The van der Waals surface area contributed by atoms with Crippen molar-refractivity contribution in [2.24, 2.45) is 0 Å². The summed E-state index contributed by atoms with van der Waals surface area (Å²) >= 11 is 3.24. The Balaban J connectivity index is 3.03. The second-order valence-electron chi connectivity index (χ2n) is 2.64. The summed E-state index contributed by atoms with van der Waals surface area (Å²) in [5, 5.41) is 9.39. The third-order valence-electron chi connectivity index (χ3n) is 1.59. The van der Waals surface area contributed by atoms with Crippen LogP contribution in [-0.2, 0) is 0 Å². The maximum absolute atomic E-state index is 9.39. The highest BCUT2D eigenvalue weighted by atomic mass is 79.9. The first-order valence-electron chi connectivity index (χ1n) is 4.12. The molecule has 1 aromatic rings. The molecule has 1 heterocycles. The summed E-state index contributed by atoms with van der Waals surface area (Å²) in [6.45, 7) is 4.12. The number of rotatable bonds is 3. The molecule has 0 radical (unpaired) electrons. The SMILES string of the molecule is CCOc1nc(Br)ccc1C(C)O. The van der Waals surface area contributed by atoms with Crippen molar-refractivity contribution in [3.8, 4) is 5.88 Å². The quantitative estimate of drug-likeness (QED) is 0.832. The van der Waals surface area contributed by atoms with E-state index in [-0.39, 0.29) is 0 Å². The van der Waals surface area contributed by atoms with Gasteiger partial charge < -0.3 is 9.84 Å². The molecule has 0 saturated heterocycles. The van der Waals surface area contributed by atoms with Crippen LogP contribution in [0.2, 0.25) is 0 Å². The molecule has 13 heavy (non-hydrogen) atoms. The molecule has 1 aromatic heterocycles. The van der Waals surface area contributed by atoms with Crippen LogP contribution >= 0.6 is 15.9 Å². The molecule has 72 valence electrons. The van der Waals surface area contributed by atoms with E-state index in [9.17, 15) is 5.11 Å². The molecule has 0 bridgehead atoms. The van der Waals surface area contributed by atoms with Crippen molar-refractivity contribution < 1.29 is 9.84 Å². The Morgan fingerprint density at radius 1 is 1.62 bits per heavy atom. The van der Waals surface area contributed by atoms with Crippen LogP contribution in [0.4, 0.5) is 0 Å². The lowest BCUT2D eigenvalue weighted by Crippen LogP contribution is -2.02. The summed E-state index contributed by atoms with van der Waals surface area (Å²) in [7, 11) is 0. The predicted molar refractivity (Wildman–Crippen MR) is 53.7 cm³/mol. The van der Waals surface area contributed by atoms with Crippen LogP contribution in [-0.4, -0.2) is 16.7 Å². The Labute approximate surface area is 85.9 Å². The number of hydrogen-bond acceptors (Lipinski definition) is 3. The largest absolute Gasteiger partial charge is 0.478 e. The fraction of sp³-hybridized carbons (Fsp3) is 0.444. The number of nitrogens with zero attached hydrogens (tertiary/aromatic N) is 1. The van der Waals surface area contributed by atoms with Gasteiger partial charge in [0.1, 0.15) is 4.60 Å². The zero-order valence-electron chi connectivity index (χ0n) is 7.62. The molecule has 1 atom stereocenters. The molecule has 1 N–H and O–H groups in total. The third kappa shape index (κ3) is 2.67. The molecule has 0 fully saturated rings. The molecule has 4 heteroatoms. The van der Waals surface area contributed by atoms with Crippen molar-refractivity contribution in [2.45, 2.75) is 20.0 Å². The van der Waals surface area contributed by atoms with Crippen LogP contribution in [0.15, 0.2) is 16.7 Å². The van der Waals surface area contributed by atoms with Crippen molar-refractivity contribution in [3.05, 3.63) is 22.3 Å². The summed E-state index contributed by atoms with van der Waals surface area (Å²) in [4.78, 5) is 4.12. The van der Waals surface area contributed by atoms with E-state index in [2.05, 4.69) is 20.9 Å². The van der Waals surface area contributed by atoms with Crippen LogP contribution in [0, 0.1) is 0 Å². The van der Waals surface area contributed by atoms with Gasteiger partial charge in [-0.3, -0.25) is 0 Å². The molecular formula is C9H12BrNO2. The summed E-state index contributed by atoms with van der Waals surface area (Å²) in [5.41, 5.74) is 0.713. The van der Waals surface area contributed by atoms with Gasteiger partial charge in [-0.05, 0) is 41.9 Å². The molecule has 3 nitrogen and oxygen atoms in total. The second-order valence-corrected chi connectivity index (χ2v) is 3.45. The Kier molecular flexibility index (Phi) is 3.69. The summed E-state index contributed by atoms with van der Waals surface area (Å²) in [6, 6.07) is 3.58. The maximum atomic E-state index is 9.39. The normalized spacial score (nSPS) is 12.6. The van der Waals surface area contributed by atoms with Gasteiger partial charge in [-0.1, -0.05) is 0 Å². The van der Waals surface area contributed by atoms with Gasteiger partial charge in [0.05, 0.1) is 12.7 Å². The minimum atomic E-state index is -0.554. The molecule has 0 aliphatic carbocycles. The first kappa shape index (κ1) is 10.5. The molecule has 0 aromatic carbocycles. The number of hydrogen-bond donors (Lipinski definition) is 1. The van der Waals surface area contributed by atoms with Crippen molar-refractivity contribution in [1.82, 2.24) is 4.98 Å². The Hall–Kier alpha value is -0.610. The highest BCUT2D eigenvalue weighted by Gasteiger charge is 2.10. The predicted octanol–water partition coefficient (Wildman–Crippen LogP) is 2.30. The van der Waals surface area contributed by atoms with Gasteiger partial charge in [-0.2, -0.15) is 0 Å². The zero-order valence-corrected chi connectivity index (χ0v) is 9.21. The van der Waals surface area contributed by atoms with Gasteiger partial charge in [0.15, 0.2) is 0 Å². The van der Waals surface area contributed by atoms with Crippen LogP contribution in [0.25, 0.3) is 0 Å². The number of aliphatic hydroxyl groups excluding tert-OH is 1. The maximum Gasteiger partial charge on any atom is 0.220 e. The first-order chi connectivity index (χ1) is 6.15. The molecule has 0 amide bonds. The van der Waals surface area contributed by atoms with Gasteiger partial charge in [0.25, 0.3) is 0 Å². The summed E-state index contributed by atoms with van der Waals surface area (Å²) < 4.78 is 5.99. The number of aromatic nitrogens is 1. The summed E-state index contributed by atoms with van der Waals surface area (Å²) in [6.07, 6.45) is -0.554. The number of halogens is 1. The molecule has 1 rings (SSSR count). The topological polar surface area (TPSA) is 42.4 Å². The third-order valence-corrected chi connectivity index (χ3v) is 2.03. The lowest BCUT2D eigenvalue weighted by Gasteiger charge is -2.10. The molecule has 0 spiro atoms. The number of ether oxygens (including phenoxy) is 1. The highest BCUT2D eigenvalue weighted by Crippen LogP contribution is 2.24. The second kappa shape index (κ2) is 4.58. The Bertz CT molecular complexity index is 289. The van der Waals surface area contributed by atoms with Crippen molar-refractivity contribution in [2.75, 3.05) is 6.61 Å². The average molecular weight is 246 g/mol. The number of aliphatic hydroxyl groups is 1. The van der Waals surface area contributed by atoms with Crippen LogP contribution in [0.1, 0.15) is 25.5 Å². The molecular weight excluding hydrogens is 234 g/mol. The van der Waals surface area contributed by atoms with E-state index < -0.39 is 6.10 Å². The van der Waals surface area contributed by atoms with E-state index in [1.807, 2.05) is 6.92 Å². The minimum absolute atomic E-state index is 0.492.